The zero-order valence-electron chi connectivity index (χ0n) is 17.6. The summed E-state index contributed by atoms with van der Waals surface area (Å²) < 4.78 is 10.6. The molecule has 1 fully saturated rings. The van der Waals surface area contributed by atoms with E-state index in [4.69, 9.17) is 9.26 Å². The van der Waals surface area contributed by atoms with Crippen molar-refractivity contribution in [3.05, 3.63) is 47.3 Å². The third-order valence-electron chi connectivity index (χ3n) is 5.41. The monoisotopic (exact) mass is 400 g/mol. The van der Waals surface area contributed by atoms with Crippen LogP contribution in [0.5, 0.6) is 5.75 Å². The smallest absolute Gasteiger partial charge is 0.220 e. The normalized spacial score (nSPS) is 19.3. The molecule has 7 nitrogen and oxygen atoms in total. The number of nitrogens with zero attached hydrogens (tertiary/aromatic N) is 2. The summed E-state index contributed by atoms with van der Waals surface area (Å²) in [5, 5.41) is 10.7. The van der Waals surface area contributed by atoms with Gasteiger partial charge in [-0.25, -0.2) is 0 Å². The second-order valence-electron chi connectivity index (χ2n) is 8.07. The zero-order chi connectivity index (χ0) is 20.6. The van der Waals surface area contributed by atoms with E-state index in [1.807, 2.05) is 44.4 Å². The van der Waals surface area contributed by atoms with E-state index in [0.29, 0.717) is 24.8 Å². The highest BCUT2D eigenvalue weighted by molar-refractivity contribution is 5.76. The maximum atomic E-state index is 12.5. The number of carbonyl (C=O) groups excluding carboxylic acids is 1. The van der Waals surface area contributed by atoms with Crippen molar-refractivity contribution in [3.63, 3.8) is 0 Å². The molecule has 1 saturated heterocycles. The average Bonchev–Trinajstić information content (AvgIpc) is 3.14. The minimum atomic E-state index is 0.103. The van der Waals surface area contributed by atoms with Gasteiger partial charge in [-0.05, 0) is 69.6 Å². The van der Waals surface area contributed by atoms with Crippen LogP contribution in [-0.4, -0.2) is 50.3 Å². The molecule has 2 heterocycles. The molecule has 158 valence electrons. The van der Waals surface area contributed by atoms with Gasteiger partial charge in [0.1, 0.15) is 5.75 Å². The van der Waals surface area contributed by atoms with E-state index in [9.17, 15) is 4.79 Å². The Balaban J connectivity index is 1.50. The largest absolute Gasteiger partial charge is 0.497 e. The van der Waals surface area contributed by atoms with Crippen LogP contribution in [0, 0.1) is 11.8 Å². The van der Waals surface area contributed by atoms with Gasteiger partial charge in [0.2, 0.25) is 5.91 Å². The first-order chi connectivity index (χ1) is 14.0. The van der Waals surface area contributed by atoms with Crippen molar-refractivity contribution in [1.82, 2.24) is 20.7 Å². The molecule has 2 N–H and O–H groups in total. The standard InChI is InChI=1S/C22H32N4O3/c1-26(2)15-21-12-19(25-29-21)10-18-14-23-9-8-17(18)11-22(27)24-13-16-4-6-20(28-3)7-5-16/h4-7,12,17-18,23H,8-11,13-15H2,1-3H3,(H,24,27)/t17-,18+/m0/s1. The van der Waals surface area contributed by atoms with Crippen molar-refractivity contribution in [2.24, 2.45) is 11.8 Å². The van der Waals surface area contributed by atoms with Gasteiger partial charge in [-0.15, -0.1) is 0 Å². The van der Waals surface area contributed by atoms with Crippen LogP contribution in [0.25, 0.3) is 0 Å². The number of hydrogen-bond donors (Lipinski definition) is 2. The first-order valence-corrected chi connectivity index (χ1v) is 10.2. The topological polar surface area (TPSA) is 79.6 Å². The van der Waals surface area contributed by atoms with Crippen molar-refractivity contribution in [1.29, 1.82) is 0 Å². The molecule has 0 unspecified atom stereocenters. The lowest BCUT2D eigenvalue weighted by molar-refractivity contribution is -0.122. The van der Waals surface area contributed by atoms with Crippen LogP contribution in [0.1, 0.15) is 29.9 Å². The Hall–Kier alpha value is -2.38. The third-order valence-corrected chi connectivity index (χ3v) is 5.41. The average molecular weight is 401 g/mol. The van der Waals surface area contributed by atoms with Crippen molar-refractivity contribution in [2.45, 2.75) is 32.4 Å². The van der Waals surface area contributed by atoms with E-state index in [0.717, 1.165) is 55.2 Å². The zero-order valence-corrected chi connectivity index (χ0v) is 17.6. The number of amides is 1. The van der Waals surface area contributed by atoms with E-state index >= 15 is 0 Å². The fourth-order valence-corrected chi connectivity index (χ4v) is 3.85. The first kappa shape index (κ1) is 21.3. The van der Waals surface area contributed by atoms with Gasteiger partial charge in [0.25, 0.3) is 0 Å². The maximum Gasteiger partial charge on any atom is 0.220 e. The number of hydrogen-bond acceptors (Lipinski definition) is 6. The van der Waals surface area contributed by atoms with Crippen LogP contribution in [0.4, 0.5) is 0 Å². The number of nitrogens with one attached hydrogen (secondary N) is 2. The van der Waals surface area contributed by atoms with Crippen LogP contribution in [-0.2, 0) is 24.3 Å². The van der Waals surface area contributed by atoms with Gasteiger partial charge in [-0.3, -0.25) is 4.79 Å². The minimum absolute atomic E-state index is 0.103. The van der Waals surface area contributed by atoms with E-state index < -0.39 is 0 Å². The highest BCUT2D eigenvalue weighted by Crippen LogP contribution is 2.26. The lowest BCUT2D eigenvalue weighted by Crippen LogP contribution is -2.40. The van der Waals surface area contributed by atoms with Crippen molar-refractivity contribution in [2.75, 3.05) is 34.3 Å². The fraction of sp³-hybridized carbons (Fsp3) is 0.545. The summed E-state index contributed by atoms with van der Waals surface area (Å²) in [7, 11) is 5.66. The van der Waals surface area contributed by atoms with Gasteiger partial charge in [0.05, 0.1) is 19.3 Å². The number of carbonyl (C=O) groups is 1. The van der Waals surface area contributed by atoms with E-state index in [1.165, 1.54) is 0 Å². The predicted molar refractivity (Wildman–Crippen MR) is 112 cm³/mol. The number of benzene rings is 1. The molecule has 0 aliphatic carbocycles. The molecule has 2 aromatic rings. The molecule has 1 aliphatic rings. The lowest BCUT2D eigenvalue weighted by Gasteiger charge is -2.31. The quantitative estimate of drug-likeness (QED) is 0.672. The Bertz CT molecular complexity index is 773. The number of ether oxygens (including phenoxy) is 1. The molecule has 0 spiro atoms. The highest BCUT2D eigenvalue weighted by atomic mass is 16.5. The number of piperidine rings is 1. The second-order valence-corrected chi connectivity index (χ2v) is 8.07. The summed E-state index contributed by atoms with van der Waals surface area (Å²) in [5.41, 5.74) is 2.04. The van der Waals surface area contributed by atoms with Gasteiger partial charge in [0.15, 0.2) is 5.76 Å². The molecular formula is C22H32N4O3. The Morgan fingerprint density at radius 3 is 2.83 bits per heavy atom. The molecule has 2 atom stereocenters. The van der Waals surface area contributed by atoms with Gasteiger partial charge in [0, 0.05) is 19.0 Å². The Morgan fingerprint density at radius 1 is 1.31 bits per heavy atom. The Labute approximate surface area is 172 Å². The molecule has 1 amide bonds. The molecule has 7 heteroatoms. The Kier molecular flexibility index (Phi) is 7.66. The van der Waals surface area contributed by atoms with Crippen molar-refractivity contribution in [3.8, 4) is 5.75 Å². The maximum absolute atomic E-state index is 12.5. The number of methoxy groups -OCH3 is 1. The summed E-state index contributed by atoms with van der Waals surface area (Å²) in [6.07, 6.45) is 2.38. The molecule has 1 aliphatic heterocycles. The van der Waals surface area contributed by atoms with Gasteiger partial charge < -0.3 is 24.8 Å². The molecule has 29 heavy (non-hydrogen) atoms. The van der Waals surface area contributed by atoms with Crippen LogP contribution in [0.15, 0.2) is 34.9 Å². The fourth-order valence-electron chi connectivity index (χ4n) is 3.85. The second kappa shape index (κ2) is 10.4. The van der Waals surface area contributed by atoms with Gasteiger partial charge >= 0.3 is 0 Å². The van der Waals surface area contributed by atoms with Crippen molar-refractivity contribution < 1.29 is 14.1 Å². The van der Waals surface area contributed by atoms with Crippen LogP contribution in [0.3, 0.4) is 0 Å². The van der Waals surface area contributed by atoms with E-state index in [2.05, 4.69) is 20.7 Å². The third kappa shape index (κ3) is 6.58. The summed E-state index contributed by atoms with van der Waals surface area (Å²) >= 11 is 0. The molecule has 0 radical (unpaired) electrons. The molecule has 0 saturated carbocycles. The summed E-state index contributed by atoms with van der Waals surface area (Å²) in [4.78, 5) is 14.6. The van der Waals surface area contributed by atoms with Gasteiger partial charge in [-0.1, -0.05) is 17.3 Å². The summed E-state index contributed by atoms with van der Waals surface area (Å²) in [5.74, 6) is 2.53. The summed E-state index contributed by atoms with van der Waals surface area (Å²) in [6.45, 7) is 3.15. The molecule has 0 bridgehead atoms. The predicted octanol–water partition coefficient (Wildman–Crippen LogP) is 2.22. The van der Waals surface area contributed by atoms with E-state index in [-0.39, 0.29) is 5.91 Å². The van der Waals surface area contributed by atoms with E-state index in [1.54, 1.807) is 7.11 Å². The highest BCUT2D eigenvalue weighted by Gasteiger charge is 2.28. The number of aromatic nitrogens is 1. The minimum Gasteiger partial charge on any atom is -0.497 e. The first-order valence-electron chi connectivity index (χ1n) is 10.2. The van der Waals surface area contributed by atoms with Crippen molar-refractivity contribution >= 4 is 5.91 Å². The molecular weight excluding hydrogens is 368 g/mol. The van der Waals surface area contributed by atoms with Crippen LogP contribution in [0.2, 0.25) is 0 Å². The van der Waals surface area contributed by atoms with Gasteiger partial charge in [-0.2, -0.15) is 0 Å². The molecule has 3 rings (SSSR count). The summed E-state index contributed by atoms with van der Waals surface area (Å²) in [6, 6.07) is 9.81. The lowest BCUT2D eigenvalue weighted by atomic mass is 9.81. The molecule has 1 aromatic carbocycles. The Morgan fingerprint density at radius 2 is 2.10 bits per heavy atom. The SMILES string of the molecule is COc1ccc(CNC(=O)C[C@@H]2CCNC[C@H]2Cc2cc(CN(C)C)on2)cc1. The van der Waals surface area contributed by atoms with Crippen LogP contribution < -0.4 is 15.4 Å². The van der Waals surface area contributed by atoms with Crippen LogP contribution >= 0.6 is 0 Å². The molecule has 1 aromatic heterocycles. The number of rotatable bonds is 9.